The van der Waals surface area contributed by atoms with Gasteiger partial charge in [-0.1, -0.05) is 12.8 Å². The number of ether oxygens (including phenoxy) is 1. The van der Waals surface area contributed by atoms with Gasteiger partial charge in [0.2, 0.25) is 0 Å². The van der Waals surface area contributed by atoms with Crippen molar-refractivity contribution in [2.24, 2.45) is 0 Å². The van der Waals surface area contributed by atoms with E-state index in [0.717, 1.165) is 19.4 Å². The van der Waals surface area contributed by atoms with Crippen molar-refractivity contribution in [3.8, 4) is 0 Å². The lowest BCUT2D eigenvalue weighted by Gasteiger charge is -2.37. The Kier molecular flexibility index (Phi) is 3.03. The molecular formula is C10H17NO3. The van der Waals surface area contributed by atoms with Gasteiger partial charge in [0.15, 0.2) is 0 Å². The summed E-state index contributed by atoms with van der Waals surface area (Å²) in [5, 5.41) is 9.05. The summed E-state index contributed by atoms with van der Waals surface area (Å²) in [5.74, 6) is -0.739. The highest BCUT2D eigenvalue weighted by atomic mass is 16.5. The molecule has 0 aromatic carbocycles. The third-order valence-corrected chi connectivity index (χ3v) is 3.25. The molecule has 4 heteroatoms. The normalized spacial score (nSPS) is 30.7. The lowest BCUT2D eigenvalue weighted by molar-refractivity contribution is -0.151. The van der Waals surface area contributed by atoms with E-state index in [1.54, 1.807) is 0 Å². The molecule has 1 aliphatic carbocycles. The van der Waals surface area contributed by atoms with Gasteiger partial charge in [-0.15, -0.1) is 0 Å². The Hall–Kier alpha value is -0.610. The van der Waals surface area contributed by atoms with Gasteiger partial charge in [0.1, 0.15) is 6.04 Å². The van der Waals surface area contributed by atoms with E-state index >= 15 is 0 Å². The molecule has 0 unspecified atom stereocenters. The first-order valence-corrected chi connectivity index (χ1v) is 5.35. The quantitative estimate of drug-likeness (QED) is 0.711. The van der Waals surface area contributed by atoms with E-state index in [4.69, 9.17) is 9.84 Å². The predicted molar refractivity (Wildman–Crippen MR) is 51.2 cm³/mol. The minimum absolute atomic E-state index is 0.353. The second kappa shape index (κ2) is 4.28. The summed E-state index contributed by atoms with van der Waals surface area (Å²) in [5.41, 5.74) is 0. The van der Waals surface area contributed by atoms with Gasteiger partial charge >= 0.3 is 5.97 Å². The molecule has 14 heavy (non-hydrogen) atoms. The molecule has 1 saturated heterocycles. The molecular weight excluding hydrogens is 182 g/mol. The Morgan fingerprint density at radius 3 is 2.71 bits per heavy atom. The molecule has 1 atom stereocenters. The third kappa shape index (κ3) is 1.91. The van der Waals surface area contributed by atoms with Crippen molar-refractivity contribution in [1.82, 2.24) is 4.90 Å². The average molecular weight is 199 g/mol. The van der Waals surface area contributed by atoms with Crippen LogP contribution in [0.4, 0.5) is 0 Å². The lowest BCUT2D eigenvalue weighted by Crippen LogP contribution is -2.53. The summed E-state index contributed by atoms with van der Waals surface area (Å²) >= 11 is 0. The summed E-state index contributed by atoms with van der Waals surface area (Å²) in [4.78, 5) is 13.1. The maximum atomic E-state index is 11.0. The fraction of sp³-hybridized carbons (Fsp3) is 0.900. The number of aliphatic carboxylic acids is 1. The number of hydrogen-bond acceptors (Lipinski definition) is 3. The maximum Gasteiger partial charge on any atom is 0.323 e. The van der Waals surface area contributed by atoms with Crippen molar-refractivity contribution in [2.75, 3.05) is 19.8 Å². The highest BCUT2D eigenvalue weighted by molar-refractivity contribution is 5.73. The minimum atomic E-state index is -0.739. The first kappa shape index (κ1) is 9.93. The van der Waals surface area contributed by atoms with E-state index in [-0.39, 0.29) is 0 Å². The third-order valence-electron chi connectivity index (χ3n) is 3.25. The number of carboxylic acid groups (broad SMARTS) is 1. The summed E-state index contributed by atoms with van der Waals surface area (Å²) in [6, 6.07) is 0.0758. The molecule has 1 N–H and O–H groups in total. The van der Waals surface area contributed by atoms with Crippen molar-refractivity contribution >= 4 is 5.97 Å². The van der Waals surface area contributed by atoms with Crippen LogP contribution in [0, 0.1) is 0 Å². The van der Waals surface area contributed by atoms with Gasteiger partial charge in [0, 0.05) is 12.6 Å². The van der Waals surface area contributed by atoms with E-state index in [1.165, 1.54) is 12.8 Å². The number of morpholine rings is 1. The zero-order chi connectivity index (χ0) is 9.97. The van der Waals surface area contributed by atoms with Crippen LogP contribution in [-0.2, 0) is 9.53 Å². The maximum absolute atomic E-state index is 11.0. The summed E-state index contributed by atoms with van der Waals surface area (Å²) in [7, 11) is 0. The molecule has 0 spiro atoms. The fourth-order valence-electron chi connectivity index (χ4n) is 2.50. The van der Waals surface area contributed by atoms with Gasteiger partial charge < -0.3 is 9.84 Å². The van der Waals surface area contributed by atoms with Crippen molar-refractivity contribution in [3.05, 3.63) is 0 Å². The molecule has 0 amide bonds. The lowest BCUT2D eigenvalue weighted by atomic mass is 10.1. The van der Waals surface area contributed by atoms with Gasteiger partial charge in [-0.2, -0.15) is 0 Å². The van der Waals surface area contributed by atoms with Gasteiger partial charge in [0.25, 0.3) is 0 Å². The Morgan fingerprint density at radius 1 is 1.36 bits per heavy atom. The zero-order valence-electron chi connectivity index (χ0n) is 8.32. The number of rotatable bonds is 2. The first-order chi connectivity index (χ1) is 6.79. The van der Waals surface area contributed by atoms with Gasteiger partial charge in [-0.3, -0.25) is 9.69 Å². The van der Waals surface area contributed by atoms with E-state index in [1.807, 2.05) is 0 Å². The molecule has 4 nitrogen and oxygen atoms in total. The fourth-order valence-corrected chi connectivity index (χ4v) is 2.50. The predicted octanol–water partition coefficient (Wildman–Crippen LogP) is 0.714. The van der Waals surface area contributed by atoms with Crippen LogP contribution < -0.4 is 0 Å². The molecule has 2 aliphatic rings. The van der Waals surface area contributed by atoms with E-state index < -0.39 is 12.0 Å². The summed E-state index contributed by atoms with van der Waals surface area (Å²) in [6.07, 6.45) is 4.80. The van der Waals surface area contributed by atoms with Gasteiger partial charge in [-0.05, 0) is 12.8 Å². The molecule has 0 bridgehead atoms. The topological polar surface area (TPSA) is 49.8 Å². The second-order valence-electron chi connectivity index (χ2n) is 4.11. The Labute approximate surface area is 83.8 Å². The van der Waals surface area contributed by atoms with E-state index in [2.05, 4.69) is 4.90 Å². The van der Waals surface area contributed by atoms with Crippen molar-refractivity contribution in [1.29, 1.82) is 0 Å². The Bertz CT molecular complexity index is 213. The zero-order valence-corrected chi connectivity index (χ0v) is 8.32. The van der Waals surface area contributed by atoms with Gasteiger partial charge in [0.05, 0.1) is 13.2 Å². The number of nitrogens with zero attached hydrogens (tertiary/aromatic N) is 1. The standard InChI is InChI=1S/C10H17NO3/c12-10(13)9-7-14-6-5-11(9)8-3-1-2-4-8/h8-9H,1-7H2,(H,12,13)/t9-/m0/s1. The van der Waals surface area contributed by atoms with Crippen LogP contribution in [0.2, 0.25) is 0 Å². The van der Waals surface area contributed by atoms with Crippen molar-refractivity contribution < 1.29 is 14.6 Å². The average Bonchev–Trinajstić information content (AvgIpc) is 2.70. The minimum Gasteiger partial charge on any atom is -0.480 e. The molecule has 1 saturated carbocycles. The Morgan fingerprint density at radius 2 is 2.07 bits per heavy atom. The molecule has 0 aromatic heterocycles. The smallest absolute Gasteiger partial charge is 0.323 e. The molecule has 2 fully saturated rings. The SMILES string of the molecule is O=C(O)[C@@H]1COCCN1C1CCCC1. The molecule has 0 aromatic rings. The molecule has 1 heterocycles. The van der Waals surface area contributed by atoms with Crippen LogP contribution in [0.25, 0.3) is 0 Å². The largest absolute Gasteiger partial charge is 0.480 e. The number of hydrogen-bond donors (Lipinski definition) is 1. The molecule has 2 rings (SSSR count). The van der Waals surface area contributed by atoms with Crippen LogP contribution in [-0.4, -0.2) is 47.8 Å². The highest BCUT2D eigenvalue weighted by Gasteiger charge is 2.35. The van der Waals surface area contributed by atoms with Crippen molar-refractivity contribution in [2.45, 2.75) is 37.8 Å². The summed E-state index contributed by atoms with van der Waals surface area (Å²) in [6.45, 7) is 1.81. The van der Waals surface area contributed by atoms with Crippen molar-refractivity contribution in [3.63, 3.8) is 0 Å². The summed E-state index contributed by atoms with van der Waals surface area (Å²) < 4.78 is 5.21. The van der Waals surface area contributed by atoms with Gasteiger partial charge in [-0.25, -0.2) is 0 Å². The Balaban J connectivity index is 2.01. The number of carboxylic acids is 1. The molecule has 1 aliphatic heterocycles. The van der Waals surface area contributed by atoms with Crippen LogP contribution in [0.3, 0.4) is 0 Å². The molecule has 80 valence electrons. The highest BCUT2D eigenvalue weighted by Crippen LogP contribution is 2.26. The van der Waals surface area contributed by atoms with Crippen LogP contribution >= 0.6 is 0 Å². The molecule has 0 radical (unpaired) electrons. The van der Waals surface area contributed by atoms with E-state index in [0.29, 0.717) is 19.3 Å². The monoisotopic (exact) mass is 199 g/mol. The number of carbonyl (C=O) groups is 1. The van der Waals surface area contributed by atoms with Crippen LogP contribution in [0.15, 0.2) is 0 Å². The van der Waals surface area contributed by atoms with Crippen LogP contribution in [0.1, 0.15) is 25.7 Å². The van der Waals surface area contributed by atoms with E-state index in [9.17, 15) is 4.79 Å². The first-order valence-electron chi connectivity index (χ1n) is 5.35. The van der Waals surface area contributed by atoms with Crippen LogP contribution in [0.5, 0.6) is 0 Å². The second-order valence-corrected chi connectivity index (χ2v) is 4.11.